The van der Waals surface area contributed by atoms with Crippen molar-refractivity contribution in [3.8, 4) is 0 Å². The van der Waals surface area contributed by atoms with Crippen LogP contribution in [0, 0.1) is 0 Å². The van der Waals surface area contributed by atoms with Gasteiger partial charge in [-0.25, -0.2) is 4.98 Å². The first-order valence-corrected chi connectivity index (χ1v) is 4.30. The highest BCUT2D eigenvalue weighted by molar-refractivity contribution is 5.88. The van der Waals surface area contributed by atoms with Gasteiger partial charge < -0.3 is 20.3 Å². The molecule has 82 valence electrons. The van der Waals surface area contributed by atoms with Gasteiger partial charge in [0.2, 0.25) is 5.82 Å². The third kappa shape index (κ3) is 1.96. The molecule has 8 heteroatoms. The summed E-state index contributed by atoms with van der Waals surface area (Å²) < 4.78 is 10.3. The number of hydrogen-bond donors (Lipinski definition) is 3. The van der Waals surface area contributed by atoms with Gasteiger partial charge in [0.1, 0.15) is 6.10 Å². The number of hydrogen-bond acceptors (Lipinski definition) is 6. The number of H-pyrrole nitrogens is 1. The molecule has 1 aromatic heterocycles. The minimum Gasteiger partial charge on any atom is -0.391 e. The number of nitrogens with two attached hydrogens (primary N) is 1. The third-order valence-electron chi connectivity index (χ3n) is 1.93. The predicted molar refractivity (Wildman–Crippen MR) is 45.6 cm³/mol. The van der Waals surface area contributed by atoms with Crippen molar-refractivity contribution in [1.29, 1.82) is 0 Å². The number of amides is 1. The first-order valence-electron chi connectivity index (χ1n) is 4.30. The summed E-state index contributed by atoms with van der Waals surface area (Å²) in [6, 6.07) is 0. The fraction of sp³-hybridized carbons (Fsp3) is 0.571. The first-order chi connectivity index (χ1) is 7.20. The zero-order valence-electron chi connectivity index (χ0n) is 7.71. The Morgan fingerprint density at radius 2 is 2.53 bits per heavy atom. The van der Waals surface area contributed by atoms with Crippen LogP contribution in [0.3, 0.4) is 0 Å². The van der Waals surface area contributed by atoms with E-state index < -0.39 is 18.3 Å². The fourth-order valence-corrected chi connectivity index (χ4v) is 1.22. The van der Waals surface area contributed by atoms with Crippen LogP contribution in [0.4, 0.5) is 0 Å². The SMILES string of the molecule is NC(=O)c1n[nH]c([C@@H]2CO[C@H](CO)O2)n1. The summed E-state index contributed by atoms with van der Waals surface area (Å²) in [5.41, 5.74) is 4.98. The summed E-state index contributed by atoms with van der Waals surface area (Å²) in [5, 5.41) is 14.9. The highest BCUT2D eigenvalue weighted by atomic mass is 16.7. The Labute approximate surface area is 84.4 Å². The Morgan fingerprint density at radius 1 is 1.73 bits per heavy atom. The molecule has 2 rings (SSSR count). The summed E-state index contributed by atoms with van der Waals surface area (Å²) in [6.07, 6.45) is -1.11. The van der Waals surface area contributed by atoms with Crippen LogP contribution in [0.5, 0.6) is 0 Å². The lowest BCUT2D eigenvalue weighted by atomic mass is 10.4. The summed E-state index contributed by atoms with van der Waals surface area (Å²) in [7, 11) is 0. The lowest BCUT2D eigenvalue weighted by Gasteiger charge is -2.05. The topological polar surface area (TPSA) is 123 Å². The number of rotatable bonds is 3. The van der Waals surface area contributed by atoms with E-state index >= 15 is 0 Å². The Morgan fingerprint density at radius 3 is 3.07 bits per heavy atom. The maximum absolute atomic E-state index is 10.7. The molecule has 1 saturated heterocycles. The van der Waals surface area contributed by atoms with Crippen LogP contribution in [0.25, 0.3) is 0 Å². The number of carbonyl (C=O) groups is 1. The molecule has 0 radical (unpaired) electrons. The van der Waals surface area contributed by atoms with Crippen molar-refractivity contribution in [2.24, 2.45) is 5.73 Å². The molecule has 4 N–H and O–H groups in total. The minimum absolute atomic E-state index is 0.0963. The molecule has 2 heterocycles. The number of aromatic amines is 1. The standard InChI is InChI=1S/C7H10N4O4/c8-5(13)7-9-6(10-11-7)3-2-14-4(1-12)15-3/h3-4,12H,1-2H2,(H2,8,13)(H,9,10,11)/t3-,4-/m0/s1. The predicted octanol–water partition coefficient (Wildman–Crippen LogP) is -1.69. The highest BCUT2D eigenvalue weighted by Crippen LogP contribution is 2.23. The van der Waals surface area contributed by atoms with Crippen LogP contribution in [-0.2, 0) is 9.47 Å². The van der Waals surface area contributed by atoms with Crippen molar-refractivity contribution >= 4 is 5.91 Å². The Hall–Kier alpha value is -1.51. The quantitative estimate of drug-likeness (QED) is 0.551. The van der Waals surface area contributed by atoms with Crippen LogP contribution in [-0.4, -0.2) is 45.7 Å². The molecule has 0 aliphatic carbocycles. The summed E-state index contributed by atoms with van der Waals surface area (Å²) in [6.45, 7) is 0.0198. The average molecular weight is 214 g/mol. The van der Waals surface area contributed by atoms with Crippen LogP contribution in [0.2, 0.25) is 0 Å². The van der Waals surface area contributed by atoms with Gasteiger partial charge >= 0.3 is 0 Å². The van der Waals surface area contributed by atoms with Crippen molar-refractivity contribution in [3.63, 3.8) is 0 Å². The summed E-state index contributed by atoms with van der Waals surface area (Å²) >= 11 is 0. The molecular formula is C7H10N4O4. The summed E-state index contributed by atoms with van der Waals surface area (Å²) in [5.74, 6) is -0.448. The van der Waals surface area contributed by atoms with Crippen molar-refractivity contribution < 1.29 is 19.4 Å². The molecule has 0 bridgehead atoms. The lowest BCUT2D eigenvalue weighted by molar-refractivity contribution is -0.0891. The molecule has 0 saturated carbocycles. The van der Waals surface area contributed by atoms with E-state index in [0.717, 1.165) is 0 Å². The number of aliphatic hydroxyl groups is 1. The molecule has 1 amide bonds. The van der Waals surface area contributed by atoms with Gasteiger partial charge in [0.15, 0.2) is 12.1 Å². The number of carbonyl (C=O) groups excluding carboxylic acids is 1. The van der Waals surface area contributed by atoms with Gasteiger partial charge in [0, 0.05) is 0 Å². The molecule has 2 atom stereocenters. The van der Waals surface area contributed by atoms with E-state index in [0.29, 0.717) is 5.82 Å². The van der Waals surface area contributed by atoms with Gasteiger partial charge in [-0.2, -0.15) is 0 Å². The van der Waals surface area contributed by atoms with Crippen LogP contribution in [0.15, 0.2) is 0 Å². The zero-order chi connectivity index (χ0) is 10.8. The van der Waals surface area contributed by atoms with Crippen LogP contribution < -0.4 is 5.73 Å². The van der Waals surface area contributed by atoms with E-state index in [-0.39, 0.29) is 19.0 Å². The molecule has 1 aromatic rings. The Balaban J connectivity index is 2.07. The van der Waals surface area contributed by atoms with Crippen molar-refractivity contribution in [3.05, 3.63) is 11.6 Å². The number of nitrogens with one attached hydrogen (secondary N) is 1. The molecule has 15 heavy (non-hydrogen) atoms. The maximum Gasteiger partial charge on any atom is 0.288 e. The van der Waals surface area contributed by atoms with E-state index in [2.05, 4.69) is 15.2 Å². The summed E-state index contributed by atoms with van der Waals surface area (Å²) in [4.78, 5) is 14.5. The van der Waals surface area contributed by atoms with Crippen LogP contribution in [0.1, 0.15) is 22.5 Å². The molecule has 0 spiro atoms. The second-order valence-corrected chi connectivity index (χ2v) is 2.98. The molecule has 0 unspecified atom stereocenters. The van der Waals surface area contributed by atoms with Crippen molar-refractivity contribution in [2.45, 2.75) is 12.4 Å². The zero-order valence-corrected chi connectivity index (χ0v) is 7.71. The monoisotopic (exact) mass is 214 g/mol. The van der Waals surface area contributed by atoms with E-state index in [9.17, 15) is 4.79 Å². The van der Waals surface area contributed by atoms with E-state index in [1.54, 1.807) is 0 Å². The molecule has 1 fully saturated rings. The first kappa shape index (κ1) is 10.0. The number of primary amides is 1. The van der Waals surface area contributed by atoms with Gasteiger partial charge in [-0.15, -0.1) is 5.10 Å². The largest absolute Gasteiger partial charge is 0.391 e. The molecule has 8 nitrogen and oxygen atoms in total. The second-order valence-electron chi connectivity index (χ2n) is 2.98. The van der Waals surface area contributed by atoms with Gasteiger partial charge in [0.05, 0.1) is 13.2 Å². The number of aromatic nitrogens is 3. The molecular weight excluding hydrogens is 204 g/mol. The third-order valence-corrected chi connectivity index (χ3v) is 1.93. The van der Waals surface area contributed by atoms with Gasteiger partial charge in [-0.05, 0) is 0 Å². The van der Waals surface area contributed by atoms with E-state index in [1.807, 2.05) is 0 Å². The maximum atomic E-state index is 10.7. The normalized spacial score (nSPS) is 25.7. The van der Waals surface area contributed by atoms with Crippen molar-refractivity contribution in [2.75, 3.05) is 13.2 Å². The van der Waals surface area contributed by atoms with Crippen LogP contribution >= 0.6 is 0 Å². The van der Waals surface area contributed by atoms with Gasteiger partial charge in [-0.1, -0.05) is 0 Å². The minimum atomic E-state index is -0.713. The highest BCUT2D eigenvalue weighted by Gasteiger charge is 2.29. The average Bonchev–Trinajstić information content (AvgIpc) is 2.86. The molecule has 0 aromatic carbocycles. The smallest absolute Gasteiger partial charge is 0.288 e. The Bertz CT molecular complexity index is 366. The Kier molecular flexibility index (Phi) is 2.62. The van der Waals surface area contributed by atoms with E-state index in [1.165, 1.54) is 0 Å². The number of aliphatic hydroxyl groups excluding tert-OH is 1. The second kappa shape index (κ2) is 3.93. The molecule has 1 aliphatic heterocycles. The molecule has 1 aliphatic rings. The number of nitrogens with zero attached hydrogens (tertiary/aromatic N) is 2. The lowest BCUT2D eigenvalue weighted by Crippen LogP contribution is -2.14. The van der Waals surface area contributed by atoms with E-state index in [4.69, 9.17) is 20.3 Å². The van der Waals surface area contributed by atoms with Gasteiger partial charge in [0.25, 0.3) is 5.91 Å². The fourth-order valence-electron chi connectivity index (χ4n) is 1.22. The van der Waals surface area contributed by atoms with Crippen molar-refractivity contribution in [1.82, 2.24) is 15.2 Å². The number of ether oxygens (including phenoxy) is 2. The van der Waals surface area contributed by atoms with Gasteiger partial charge in [-0.3, -0.25) is 9.89 Å².